The van der Waals surface area contributed by atoms with E-state index in [1.807, 2.05) is 0 Å². The number of rotatable bonds is 2. The average molecular weight is 217 g/mol. The minimum absolute atomic E-state index is 0.350. The number of hydrogen-bond donors (Lipinski definition) is 1. The molecule has 1 aromatic rings. The molecule has 2 bridgehead atoms. The third kappa shape index (κ3) is 1.17. The van der Waals surface area contributed by atoms with Crippen LogP contribution in [0.25, 0.3) is 0 Å². The van der Waals surface area contributed by atoms with Crippen LogP contribution in [0.3, 0.4) is 0 Å². The Bertz CT molecular complexity index is 420. The molecule has 4 atom stereocenters. The van der Waals surface area contributed by atoms with Crippen molar-refractivity contribution in [3.8, 4) is 6.07 Å². The molecule has 0 amide bonds. The van der Waals surface area contributed by atoms with Crippen LogP contribution in [-0.2, 0) is 0 Å². The molecular weight excluding hydrogens is 202 g/mol. The summed E-state index contributed by atoms with van der Waals surface area (Å²) in [5.41, 5.74) is -0.596. The van der Waals surface area contributed by atoms with E-state index in [-0.39, 0.29) is 0 Å². The third-order valence-electron chi connectivity index (χ3n) is 4.40. The molecule has 1 heterocycles. The topological polar surface area (TPSA) is 57.2 Å². The number of nitriles is 1. The van der Waals surface area contributed by atoms with Crippen molar-refractivity contribution in [2.45, 2.75) is 31.8 Å². The van der Waals surface area contributed by atoms with E-state index >= 15 is 0 Å². The molecule has 0 aliphatic heterocycles. The van der Waals surface area contributed by atoms with Crippen LogP contribution in [0.1, 0.15) is 37.5 Å². The molecule has 0 spiro atoms. The summed E-state index contributed by atoms with van der Waals surface area (Å²) in [6.45, 7) is 0. The van der Waals surface area contributed by atoms with Crippen molar-refractivity contribution in [2.24, 2.45) is 17.3 Å². The molecule has 3 nitrogen and oxygen atoms in total. The molecule has 0 radical (unpaired) electrons. The summed E-state index contributed by atoms with van der Waals surface area (Å²) in [5.74, 6) is 1.52. The lowest BCUT2D eigenvalue weighted by Gasteiger charge is -2.34. The van der Waals surface area contributed by atoms with Crippen molar-refractivity contribution in [3.63, 3.8) is 0 Å². The maximum atomic E-state index is 10.4. The van der Waals surface area contributed by atoms with E-state index in [0.717, 1.165) is 19.3 Å². The van der Waals surface area contributed by atoms with Crippen molar-refractivity contribution in [2.75, 3.05) is 0 Å². The highest BCUT2D eigenvalue weighted by Crippen LogP contribution is 2.60. The summed E-state index contributed by atoms with van der Waals surface area (Å²) in [6, 6.07) is 5.91. The first kappa shape index (κ1) is 9.92. The van der Waals surface area contributed by atoms with E-state index in [0.29, 0.717) is 17.6 Å². The fourth-order valence-corrected chi connectivity index (χ4v) is 3.61. The molecule has 2 aliphatic rings. The molecule has 16 heavy (non-hydrogen) atoms. The second-order valence-corrected chi connectivity index (χ2v) is 5.15. The Morgan fingerprint density at radius 1 is 1.56 bits per heavy atom. The normalized spacial score (nSPS) is 38.5. The fourth-order valence-electron chi connectivity index (χ4n) is 3.61. The van der Waals surface area contributed by atoms with Gasteiger partial charge in [0.1, 0.15) is 11.9 Å². The number of aliphatic hydroxyl groups is 1. The second kappa shape index (κ2) is 3.36. The lowest BCUT2D eigenvalue weighted by Crippen LogP contribution is -2.33. The Kier molecular flexibility index (Phi) is 2.08. The minimum Gasteiger partial charge on any atom is -0.467 e. The van der Waals surface area contributed by atoms with Crippen molar-refractivity contribution in [1.29, 1.82) is 5.26 Å². The van der Waals surface area contributed by atoms with Crippen LogP contribution < -0.4 is 0 Å². The van der Waals surface area contributed by atoms with E-state index in [9.17, 15) is 10.4 Å². The van der Waals surface area contributed by atoms with Crippen LogP contribution >= 0.6 is 0 Å². The van der Waals surface area contributed by atoms with Crippen LogP contribution in [0.2, 0.25) is 0 Å². The molecule has 2 aliphatic carbocycles. The average Bonchev–Trinajstić information content (AvgIpc) is 3.03. The van der Waals surface area contributed by atoms with Gasteiger partial charge in [-0.25, -0.2) is 0 Å². The summed E-state index contributed by atoms with van der Waals surface area (Å²) in [7, 11) is 0. The van der Waals surface area contributed by atoms with Crippen LogP contribution in [0.15, 0.2) is 22.8 Å². The molecular formula is C13H15NO2. The number of fused-ring (bicyclic) bond motifs is 2. The molecule has 2 saturated carbocycles. The van der Waals surface area contributed by atoms with E-state index < -0.39 is 11.5 Å². The summed E-state index contributed by atoms with van der Waals surface area (Å²) in [6.07, 6.45) is 5.02. The van der Waals surface area contributed by atoms with E-state index in [2.05, 4.69) is 6.07 Å². The predicted octanol–water partition coefficient (Wildman–Crippen LogP) is 2.64. The minimum atomic E-state index is -0.761. The molecule has 2 fully saturated rings. The first-order valence-electron chi connectivity index (χ1n) is 5.89. The first-order valence-corrected chi connectivity index (χ1v) is 5.89. The zero-order valence-corrected chi connectivity index (χ0v) is 9.10. The lowest BCUT2D eigenvalue weighted by atomic mass is 9.69. The summed E-state index contributed by atoms with van der Waals surface area (Å²) >= 11 is 0. The van der Waals surface area contributed by atoms with Gasteiger partial charge in [0.15, 0.2) is 0 Å². The standard InChI is InChI=1S/C13H15NO2/c14-8-13(7-9-3-4-10(13)6-9)12(15)11-2-1-5-16-11/h1-2,5,9-10,12,15H,3-4,6-7H2. The van der Waals surface area contributed by atoms with E-state index in [1.165, 1.54) is 6.42 Å². The monoisotopic (exact) mass is 217 g/mol. The Morgan fingerprint density at radius 3 is 2.94 bits per heavy atom. The zero-order chi connectivity index (χ0) is 11.2. The second-order valence-electron chi connectivity index (χ2n) is 5.15. The van der Waals surface area contributed by atoms with Crippen LogP contribution in [0.5, 0.6) is 0 Å². The number of aliphatic hydroxyl groups excluding tert-OH is 1. The van der Waals surface area contributed by atoms with Gasteiger partial charge in [-0.15, -0.1) is 0 Å². The van der Waals surface area contributed by atoms with Gasteiger partial charge in [0.2, 0.25) is 0 Å². The van der Waals surface area contributed by atoms with Gasteiger partial charge in [0.25, 0.3) is 0 Å². The Labute approximate surface area is 94.7 Å². The summed E-state index contributed by atoms with van der Waals surface area (Å²) < 4.78 is 5.24. The van der Waals surface area contributed by atoms with Crippen molar-refractivity contribution >= 4 is 0 Å². The van der Waals surface area contributed by atoms with Gasteiger partial charge in [-0.3, -0.25) is 0 Å². The number of hydrogen-bond acceptors (Lipinski definition) is 3. The van der Waals surface area contributed by atoms with E-state index in [4.69, 9.17) is 4.42 Å². The van der Waals surface area contributed by atoms with Crippen LogP contribution in [0.4, 0.5) is 0 Å². The molecule has 84 valence electrons. The van der Waals surface area contributed by atoms with Gasteiger partial charge >= 0.3 is 0 Å². The highest BCUT2D eigenvalue weighted by molar-refractivity contribution is 5.20. The van der Waals surface area contributed by atoms with Crippen molar-refractivity contribution in [1.82, 2.24) is 0 Å². The molecule has 3 rings (SSSR count). The molecule has 4 unspecified atom stereocenters. The highest BCUT2D eigenvalue weighted by Gasteiger charge is 2.56. The largest absolute Gasteiger partial charge is 0.467 e. The predicted molar refractivity (Wildman–Crippen MR) is 57.2 cm³/mol. The lowest BCUT2D eigenvalue weighted by molar-refractivity contribution is 0.00807. The van der Waals surface area contributed by atoms with E-state index in [1.54, 1.807) is 18.4 Å². The Balaban J connectivity index is 1.95. The van der Waals surface area contributed by atoms with Gasteiger partial charge in [0, 0.05) is 0 Å². The van der Waals surface area contributed by atoms with Gasteiger partial charge in [-0.1, -0.05) is 6.42 Å². The molecule has 0 aromatic carbocycles. The van der Waals surface area contributed by atoms with Gasteiger partial charge < -0.3 is 9.52 Å². The summed E-state index contributed by atoms with van der Waals surface area (Å²) in [4.78, 5) is 0. The molecule has 1 aromatic heterocycles. The Hall–Kier alpha value is -1.27. The first-order chi connectivity index (χ1) is 7.76. The molecule has 1 N–H and O–H groups in total. The van der Waals surface area contributed by atoms with Gasteiger partial charge in [-0.2, -0.15) is 5.26 Å². The van der Waals surface area contributed by atoms with Crippen molar-refractivity contribution in [3.05, 3.63) is 24.2 Å². The van der Waals surface area contributed by atoms with Crippen LogP contribution in [0, 0.1) is 28.6 Å². The Morgan fingerprint density at radius 2 is 2.44 bits per heavy atom. The number of nitrogens with zero attached hydrogens (tertiary/aromatic N) is 1. The number of furan rings is 1. The SMILES string of the molecule is N#CC1(C(O)c2ccco2)CC2CCC1C2. The van der Waals surface area contributed by atoms with Gasteiger partial charge in [-0.05, 0) is 43.2 Å². The fraction of sp³-hybridized carbons (Fsp3) is 0.615. The van der Waals surface area contributed by atoms with Gasteiger partial charge in [0.05, 0.1) is 17.7 Å². The third-order valence-corrected chi connectivity index (χ3v) is 4.40. The quantitative estimate of drug-likeness (QED) is 0.828. The molecule has 3 heteroatoms. The summed E-state index contributed by atoms with van der Waals surface area (Å²) in [5, 5.41) is 19.8. The maximum Gasteiger partial charge on any atom is 0.133 e. The zero-order valence-electron chi connectivity index (χ0n) is 9.10. The maximum absolute atomic E-state index is 10.4. The molecule has 0 saturated heterocycles. The highest BCUT2D eigenvalue weighted by atomic mass is 16.4. The smallest absolute Gasteiger partial charge is 0.133 e. The van der Waals surface area contributed by atoms with Crippen LogP contribution in [-0.4, -0.2) is 5.11 Å². The van der Waals surface area contributed by atoms with Crippen molar-refractivity contribution < 1.29 is 9.52 Å².